The zero-order valence-electron chi connectivity index (χ0n) is 8.89. The molecular formula is C11H14N4O. The third kappa shape index (κ3) is 2.98. The van der Waals surface area contributed by atoms with Gasteiger partial charge in [0.1, 0.15) is 0 Å². The van der Waals surface area contributed by atoms with E-state index in [1.165, 1.54) is 0 Å². The summed E-state index contributed by atoms with van der Waals surface area (Å²) < 4.78 is 4.90. The Balaban J connectivity index is 1.69. The number of hydrogen-bond acceptors (Lipinski definition) is 5. The number of para-hydroxylation sites is 1. The molecule has 0 bridgehead atoms. The summed E-state index contributed by atoms with van der Waals surface area (Å²) in [6.07, 6.45) is 1.67. The van der Waals surface area contributed by atoms with Crippen LogP contribution in [0.3, 0.4) is 0 Å². The fraction of sp³-hybridized carbons (Fsp3) is 0.273. The van der Waals surface area contributed by atoms with Crippen LogP contribution in [0.5, 0.6) is 0 Å². The number of benzene rings is 1. The van der Waals surface area contributed by atoms with Gasteiger partial charge in [0.25, 0.3) is 5.95 Å². The highest BCUT2D eigenvalue weighted by Crippen LogP contribution is 2.06. The van der Waals surface area contributed by atoms with Gasteiger partial charge in [-0.15, -0.1) is 0 Å². The Kier molecular flexibility index (Phi) is 3.38. The average Bonchev–Trinajstić information content (AvgIpc) is 2.72. The van der Waals surface area contributed by atoms with Crippen LogP contribution in [-0.4, -0.2) is 16.7 Å². The van der Waals surface area contributed by atoms with Gasteiger partial charge in [-0.2, -0.15) is 4.98 Å². The first kappa shape index (κ1) is 10.5. The van der Waals surface area contributed by atoms with E-state index in [2.05, 4.69) is 15.5 Å². The van der Waals surface area contributed by atoms with Crippen molar-refractivity contribution in [1.82, 2.24) is 10.1 Å². The third-order valence-electron chi connectivity index (χ3n) is 2.15. The minimum Gasteiger partial charge on any atom is -0.385 e. The minimum atomic E-state index is 0.200. The maximum Gasteiger partial charge on any atom is 0.260 e. The largest absolute Gasteiger partial charge is 0.385 e. The van der Waals surface area contributed by atoms with Crippen molar-refractivity contribution in [3.05, 3.63) is 36.2 Å². The van der Waals surface area contributed by atoms with Gasteiger partial charge in [0, 0.05) is 18.7 Å². The Bertz CT molecular complexity index is 427. The Morgan fingerprint density at radius 2 is 2.06 bits per heavy atom. The van der Waals surface area contributed by atoms with E-state index < -0.39 is 0 Å². The fourth-order valence-corrected chi connectivity index (χ4v) is 1.40. The molecule has 5 nitrogen and oxygen atoms in total. The molecule has 0 aliphatic rings. The van der Waals surface area contributed by atoms with Gasteiger partial charge < -0.3 is 15.6 Å². The first-order valence-electron chi connectivity index (χ1n) is 5.21. The van der Waals surface area contributed by atoms with Crippen LogP contribution in [0.1, 0.15) is 12.3 Å². The summed E-state index contributed by atoms with van der Waals surface area (Å²) in [5.74, 6) is 0.790. The first-order chi connectivity index (χ1) is 7.84. The third-order valence-corrected chi connectivity index (χ3v) is 2.15. The second-order valence-electron chi connectivity index (χ2n) is 3.44. The molecule has 0 fully saturated rings. The van der Waals surface area contributed by atoms with Gasteiger partial charge in [-0.1, -0.05) is 18.2 Å². The van der Waals surface area contributed by atoms with Crippen molar-refractivity contribution in [1.29, 1.82) is 0 Å². The summed E-state index contributed by atoms with van der Waals surface area (Å²) in [5, 5.41) is 6.83. The van der Waals surface area contributed by atoms with Crippen molar-refractivity contribution in [2.75, 3.05) is 17.6 Å². The second kappa shape index (κ2) is 5.16. The van der Waals surface area contributed by atoms with E-state index in [0.717, 1.165) is 25.1 Å². The zero-order valence-corrected chi connectivity index (χ0v) is 8.89. The highest BCUT2D eigenvalue weighted by molar-refractivity contribution is 5.42. The van der Waals surface area contributed by atoms with Crippen molar-refractivity contribution in [2.45, 2.75) is 12.8 Å². The Morgan fingerprint density at radius 3 is 2.75 bits per heavy atom. The molecule has 5 heteroatoms. The van der Waals surface area contributed by atoms with Gasteiger partial charge >= 0.3 is 0 Å². The topological polar surface area (TPSA) is 77.0 Å². The normalized spacial score (nSPS) is 10.2. The van der Waals surface area contributed by atoms with Crippen LogP contribution in [0.4, 0.5) is 11.6 Å². The molecule has 1 aromatic heterocycles. The van der Waals surface area contributed by atoms with Gasteiger partial charge in [0.2, 0.25) is 5.89 Å². The molecule has 0 spiro atoms. The van der Waals surface area contributed by atoms with Gasteiger partial charge in [-0.05, 0) is 23.7 Å². The number of hydrogen-bond donors (Lipinski definition) is 2. The molecule has 0 atom stereocenters. The van der Waals surface area contributed by atoms with Crippen molar-refractivity contribution >= 4 is 11.6 Å². The summed E-state index contributed by atoms with van der Waals surface area (Å²) in [7, 11) is 0. The molecule has 0 saturated carbocycles. The molecule has 0 aliphatic heterocycles. The van der Waals surface area contributed by atoms with Crippen LogP contribution in [0.2, 0.25) is 0 Å². The Morgan fingerprint density at radius 1 is 1.25 bits per heavy atom. The van der Waals surface area contributed by atoms with Crippen LogP contribution in [0, 0.1) is 0 Å². The Labute approximate surface area is 93.7 Å². The number of nitrogens with zero attached hydrogens (tertiary/aromatic N) is 2. The van der Waals surface area contributed by atoms with Crippen LogP contribution in [-0.2, 0) is 6.42 Å². The maximum atomic E-state index is 5.34. The molecular weight excluding hydrogens is 204 g/mol. The van der Waals surface area contributed by atoms with Crippen LogP contribution in [0.15, 0.2) is 34.9 Å². The van der Waals surface area contributed by atoms with Gasteiger partial charge in [-0.25, -0.2) is 0 Å². The fourth-order valence-electron chi connectivity index (χ4n) is 1.40. The molecule has 2 aromatic rings. The van der Waals surface area contributed by atoms with Crippen molar-refractivity contribution in [3.8, 4) is 0 Å². The van der Waals surface area contributed by atoms with E-state index in [1.54, 1.807) is 0 Å². The quantitative estimate of drug-likeness (QED) is 0.747. The smallest absolute Gasteiger partial charge is 0.260 e. The number of nitrogen functional groups attached to an aromatic ring is 1. The molecule has 0 amide bonds. The van der Waals surface area contributed by atoms with Crippen LogP contribution in [0.25, 0.3) is 0 Å². The summed E-state index contributed by atoms with van der Waals surface area (Å²) in [4.78, 5) is 3.93. The molecule has 16 heavy (non-hydrogen) atoms. The number of nitrogens with one attached hydrogen (secondary N) is 1. The average molecular weight is 218 g/mol. The standard InChI is InChI=1S/C11H14N4O/c12-11-14-10(16-15-11)7-4-8-13-9-5-2-1-3-6-9/h1-3,5-6,13H,4,7-8H2,(H2,12,15). The lowest BCUT2D eigenvalue weighted by molar-refractivity contribution is 0.377. The molecule has 0 unspecified atom stereocenters. The minimum absolute atomic E-state index is 0.200. The molecule has 0 radical (unpaired) electrons. The molecule has 0 saturated heterocycles. The van der Waals surface area contributed by atoms with E-state index in [0.29, 0.717) is 5.89 Å². The number of rotatable bonds is 5. The molecule has 84 valence electrons. The predicted octanol–water partition coefficient (Wildman–Crippen LogP) is 1.70. The van der Waals surface area contributed by atoms with Crippen molar-refractivity contribution in [2.24, 2.45) is 0 Å². The number of aromatic nitrogens is 2. The van der Waals surface area contributed by atoms with Gasteiger partial charge in [0.15, 0.2) is 0 Å². The van der Waals surface area contributed by atoms with Crippen LogP contribution >= 0.6 is 0 Å². The Hall–Kier alpha value is -2.04. The number of anilines is 2. The lowest BCUT2D eigenvalue weighted by Crippen LogP contribution is -2.02. The van der Waals surface area contributed by atoms with E-state index in [4.69, 9.17) is 10.3 Å². The van der Waals surface area contributed by atoms with E-state index in [-0.39, 0.29) is 5.95 Å². The van der Waals surface area contributed by atoms with Crippen molar-refractivity contribution < 1.29 is 4.52 Å². The highest BCUT2D eigenvalue weighted by Gasteiger charge is 2.01. The lowest BCUT2D eigenvalue weighted by Gasteiger charge is -2.03. The highest BCUT2D eigenvalue weighted by atomic mass is 16.5. The van der Waals surface area contributed by atoms with Crippen molar-refractivity contribution in [3.63, 3.8) is 0 Å². The molecule has 1 aromatic carbocycles. The molecule has 3 N–H and O–H groups in total. The van der Waals surface area contributed by atoms with E-state index in [1.807, 2.05) is 30.3 Å². The molecule has 1 heterocycles. The first-order valence-corrected chi connectivity index (χ1v) is 5.21. The summed E-state index contributed by atoms with van der Waals surface area (Å²) in [6, 6.07) is 10.1. The predicted molar refractivity (Wildman–Crippen MR) is 62.0 cm³/mol. The van der Waals surface area contributed by atoms with E-state index >= 15 is 0 Å². The van der Waals surface area contributed by atoms with Gasteiger partial charge in [-0.3, -0.25) is 0 Å². The molecule has 0 aliphatic carbocycles. The number of aryl methyl sites for hydroxylation is 1. The van der Waals surface area contributed by atoms with E-state index in [9.17, 15) is 0 Å². The zero-order chi connectivity index (χ0) is 11.2. The maximum absolute atomic E-state index is 5.34. The second-order valence-corrected chi connectivity index (χ2v) is 3.44. The van der Waals surface area contributed by atoms with Gasteiger partial charge in [0.05, 0.1) is 0 Å². The molecule has 2 rings (SSSR count). The van der Waals surface area contributed by atoms with Crippen LogP contribution < -0.4 is 11.1 Å². The lowest BCUT2D eigenvalue weighted by atomic mass is 10.3. The number of nitrogens with two attached hydrogens (primary N) is 1. The summed E-state index contributed by atoms with van der Waals surface area (Å²) >= 11 is 0. The SMILES string of the molecule is Nc1noc(CCCNc2ccccc2)n1. The summed E-state index contributed by atoms with van der Waals surface area (Å²) in [6.45, 7) is 0.867. The monoisotopic (exact) mass is 218 g/mol. The summed E-state index contributed by atoms with van der Waals surface area (Å²) in [5.41, 5.74) is 6.46.